The smallest absolute Gasteiger partial charge is 0.326 e. The molecule has 3 aromatic carbocycles. The molecule has 5 N–H and O–H groups in total. The molecule has 1 amide bonds. The molecule has 172 valence electrons. The van der Waals surface area contributed by atoms with Crippen LogP contribution < -0.4 is 21.9 Å². The van der Waals surface area contributed by atoms with Crippen molar-refractivity contribution in [3.05, 3.63) is 117 Å². The third-order valence-electron chi connectivity index (χ3n) is 5.24. The van der Waals surface area contributed by atoms with Gasteiger partial charge in [-0.25, -0.2) is 4.79 Å². The number of rotatable bonds is 6. The van der Waals surface area contributed by atoms with Crippen LogP contribution in [0.4, 0.5) is 17.1 Å². The molecule has 0 aliphatic carbocycles. The first-order valence-corrected chi connectivity index (χ1v) is 10.8. The second-order valence-electron chi connectivity index (χ2n) is 7.77. The normalized spacial score (nSPS) is 11.1. The molecule has 0 spiro atoms. The van der Waals surface area contributed by atoms with Crippen LogP contribution in [0.1, 0.15) is 21.7 Å². The highest BCUT2D eigenvalue weighted by Crippen LogP contribution is 2.25. The standard InChI is InChI=1S/C26H20N6O3/c33-24-15-23(29-26(35)30-24)25(34)28-18-8-4-7-17(13-18)27-19-10-11-20-21(31-32-22(20)14-19)12-9-16-5-2-1-3-6-16/h1-15,27H,(H,28,34)(H,31,32)(H2,29,30,33,35)/b12-9+. The molecular formula is C26H20N6O3. The largest absolute Gasteiger partial charge is 0.355 e. The minimum Gasteiger partial charge on any atom is -0.355 e. The number of nitrogens with one attached hydrogen (secondary N) is 5. The van der Waals surface area contributed by atoms with Gasteiger partial charge in [0.2, 0.25) is 0 Å². The number of hydrogen-bond donors (Lipinski definition) is 5. The number of carbonyl (C=O) groups is 1. The molecule has 0 saturated carbocycles. The Labute approximate surface area is 198 Å². The van der Waals surface area contributed by atoms with E-state index < -0.39 is 17.2 Å². The lowest BCUT2D eigenvalue weighted by Crippen LogP contribution is -2.27. The minimum absolute atomic E-state index is 0.126. The molecule has 5 rings (SSSR count). The number of hydrogen-bond acceptors (Lipinski definition) is 5. The van der Waals surface area contributed by atoms with E-state index in [0.717, 1.165) is 39.6 Å². The van der Waals surface area contributed by atoms with Crippen LogP contribution in [0.25, 0.3) is 23.1 Å². The zero-order valence-electron chi connectivity index (χ0n) is 18.3. The fourth-order valence-electron chi connectivity index (χ4n) is 3.62. The average molecular weight is 464 g/mol. The number of anilines is 3. The van der Waals surface area contributed by atoms with Gasteiger partial charge in [0.25, 0.3) is 11.5 Å². The molecule has 5 aromatic rings. The number of carbonyl (C=O) groups excluding carboxylic acids is 1. The highest BCUT2D eigenvalue weighted by Gasteiger charge is 2.09. The second-order valence-corrected chi connectivity index (χ2v) is 7.77. The number of amides is 1. The lowest BCUT2D eigenvalue weighted by Gasteiger charge is -2.10. The van der Waals surface area contributed by atoms with Crippen molar-refractivity contribution in [3.8, 4) is 0 Å². The van der Waals surface area contributed by atoms with Gasteiger partial charge < -0.3 is 15.6 Å². The van der Waals surface area contributed by atoms with E-state index in [1.807, 2.05) is 71.7 Å². The van der Waals surface area contributed by atoms with Gasteiger partial charge in [0, 0.05) is 28.5 Å². The van der Waals surface area contributed by atoms with Crippen LogP contribution in [-0.2, 0) is 0 Å². The highest BCUT2D eigenvalue weighted by atomic mass is 16.2. The van der Waals surface area contributed by atoms with Gasteiger partial charge in [-0.1, -0.05) is 42.5 Å². The van der Waals surface area contributed by atoms with Crippen LogP contribution in [0.2, 0.25) is 0 Å². The van der Waals surface area contributed by atoms with E-state index in [1.54, 1.807) is 18.2 Å². The lowest BCUT2D eigenvalue weighted by molar-refractivity contribution is 0.102. The molecule has 0 saturated heterocycles. The topological polar surface area (TPSA) is 136 Å². The average Bonchev–Trinajstić information content (AvgIpc) is 3.25. The summed E-state index contributed by atoms with van der Waals surface area (Å²) in [7, 11) is 0. The van der Waals surface area contributed by atoms with E-state index in [9.17, 15) is 14.4 Å². The lowest BCUT2D eigenvalue weighted by atomic mass is 10.1. The van der Waals surface area contributed by atoms with Crippen molar-refractivity contribution in [3.63, 3.8) is 0 Å². The number of benzene rings is 3. The van der Waals surface area contributed by atoms with Gasteiger partial charge in [-0.3, -0.25) is 19.7 Å². The summed E-state index contributed by atoms with van der Waals surface area (Å²) in [5.41, 5.74) is 3.37. The van der Waals surface area contributed by atoms with Gasteiger partial charge in [0.05, 0.1) is 11.2 Å². The van der Waals surface area contributed by atoms with Crippen LogP contribution in [-0.4, -0.2) is 26.1 Å². The van der Waals surface area contributed by atoms with Gasteiger partial charge in [0.15, 0.2) is 0 Å². The Hall–Kier alpha value is -5.18. The zero-order chi connectivity index (χ0) is 24.2. The monoisotopic (exact) mass is 464 g/mol. The van der Waals surface area contributed by atoms with Crippen molar-refractivity contribution in [2.75, 3.05) is 10.6 Å². The highest BCUT2D eigenvalue weighted by molar-refractivity contribution is 6.03. The van der Waals surface area contributed by atoms with Crippen LogP contribution in [0, 0.1) is 0 Å². The quantitative estimate of drug-likeness (QED) is 0.258. The van der Waals surface area contributed by atoms with Crippen molar-refractivity contribution in [2.45, 2.75) is 0 Å². The first-order valence-electron chi connectivity index (χ1n) is 10.8. The maximum absolute atomic E-state index is 12.4. The van der Waals surface area contributed by atoms with Gasteiger partial charge in [-0.15, -0.1) is 0 Å². The van der Waals surface area contributed by atoms with E-state index in [4.69, 9.17) is 0 Å². The van der Waals surface area contributed by atoms with Gasteiger partial charge >= 0.3 is 5.69 Å². The second kappa shape index (κ2) is 9.36. The molecule has 0 radical (unpaired) electrons. The summed E-state index contributed by atoms with van der Waals surface area (Å²) in [5.74, 6) is -0.597. The maximum Gasteiger partial charge on any atom is 0.326 e. The van der Waals surface area contributed by atoms with Gasteiger partial charge in [-0.2, -0.15) is 5.10 Å². The van der Waals surface area contributed by atoms with Crippen molar-refractivity contribution in [1.82, 2.24) is 20.2 Å². The minimum atomic E-state index is -0.744. The molecule has 35 heavy (non-hydrogen) atoms. The maximum atomic E-state index is 12.4. The Morgan fingerprint density at radius 2 is 1.60 bits per heavy atom. The molecule has 0 bridgehead atoms. The molecule has 2 heterocycles. The first-order chi connectivity index (χ1) is 17.0. The molecule has 9 heteroatoms. The number of nitrogens with zero attached hydrogens (tertiary/aromatic N) is 1. The zero-order valence-corrected chi connectivity index (χ0v) is 18.3. The number of fused-ring (bicyclic) bond motifs is 1. The van der Waals surface area contributed by atoms with Crippen LogP contribution in [0.15, 0.2) is 88.5 Å². The Morgan fingerprint density at radius 3 is 2.43 bits per heavy atom. The summed E-state index contributed by atoms with van der Waals surface area (Å²) in [4.78, 5) is 39.6. The summed E-state index contributed by atoms with van der Waals surface area (Å²) in [5, 5.41) is 14.4. The van der Waals surface area contributed by atoms with Crippen LogP contribution >= 0.6 is 0 Å². The first kappa shape index (κ1) is 21.7. The summed E-state index contributed by atoms with van der Waals surface area (Å²) >= 11 is 0. The van der Waals surface area contributed by atoms with E-state index in [2.05, 4.69) is 25.8 Å². The summed E-state index contributed by atoms with van der Waals surface area (Å²) in [6.45, 7) is 0. The molecular weight excluding hydrogens is 444 g/mol. The Bertz CT molecular complexity index is 1640. The molecule has 0 fully saturated rings. The SMILES string of the molecule is O=C(Nc1cccc(Nc2ccc3c(/C=C/c4ccccc4)n[nH]c3c2)c1)c1cc(=O)[nH]c(=O)[nH]1. The summed E-state index contributed by atoms with van der Waals surface area (Å²) in [6, 6.07) is 24.0. The third kappa shape index (κ3) is 5.09. The Balaban J connectivity index is 1.31. The molecule has 2 aromatic heterocycles. The number of aromatic amines is 3. The predicted molar refractivity (Wildman–Crippen MR) is 137 cm³/mol. The van der Waals surface area contributed by atoms with Gasteiger partial charge in [-0.05, 0) is 48.0 Å². The molecule has 0 aliphatic rings. The van der Waals surface area contributed by atoms with Crippen molar-refractivity contribution < 1.29 is 4.79 Å². The Morgan fingerprint density at radius 1 is 0.800 bits per heavy atom. The van der Waals surface area contributed by atoms with Crippen molar-refractivity contribution in [1.29, 1.82) is 0 Å². The number of aromatic nitrogens is 4. The van der Waals surface area contributed by atoms with Crippen molar-refractivity contribution in [2.24, 2.45) is 0 Å². The number of H-pyrrole nitrogens is 3. The van der Waals surface area contributed by atoms with Crippen molar-refractivity contribution >= 4 is 46.0 Å². The molecule has 0 atom stereocenters. The van der Waals surface area contributed by atoms with E-state index in [-0.39, 0.29) is 5.69 Å². The molecule has 0 aliphatic heterocycles. The molecule has 0 unspecified atom stereocenters. The van der Waals surface area contributed by atoms with E-state index >= 15 is 0 Å². The summed E-state index contributed by atoms with van der Waals surface area (Å²) < 4.78 is 0. The summed E-state index contributed by atoms with van der Waals surface area (Å²) in [6.07, 6.45) is 3.99. The predicted octanol–water partition coefficient (Wildman–Crippen LogP) is 4.11. The fraction of sp³-hybridized carbons (Fsp3) is 0. The van der Waals surface area contributed by atoms with Crippen LogP contribution in [0.3, 0.4) is 0 Å². The van der Waals surface area contributed by atoms with Crippen LogP contribution in [0.5, 0.6) is 0 Å². The fourth-order valence-corrected chi connectivity index (χ4v) is 3.62. The Kier molecular flexibility index (Phi) is 5.79. The van der Waals surface area contributed by atoms with E-state index in [1.165, 1.54) is 0 Å². The third-order valence-corrected chi connectivity index (χ3v) is 5.24. The molecule has 9 nitrogen and oxygen atoms in total. The van der Waals surface area contributed by atoms with Gasteiger partial charge in [0.1, 0.15) is 5.69 Å². The van der Waals surface area contributed by atoms with E-state index in [0.29, 0.717) is 5.69 Å².